The number of nitrogens with zero attached hydrogens (tertiary/aromatic N) is 4. The Hall–Kier alpha value is -3.85. The van der Waals surface area contributed by atoms with E-state index in [-0.39, 0.29) is 0 Å². The largest absolute Gasteiger partial charge is 0.444 e. The first-order chi connectivity index (χ1) is 17.7. The number of hydrogen-bond acceptors (Lipinski definition) is 6. The molecule has 37 heavy (non-hydrogen) atoms. The van der Waals surface area contributed by atoms with E-state index < -0.39 is 35.7 Å². The number of ether oxygens (including phenoxy) is 1. The minimum atomic E-state index is -0.944. The Balaban J connectivity index is 1.60. The number of carbonyl (C=O) groups excluding carboxylic acids is 1. The number of alkyl carbamates (subject to hydrolysis) is 1. The number of fused-ring (bicyclic) bond motifs is 1. The molecule has 0 unspecified atom stereocenters. The number of rotatable bonds is 4. The molecule has 1 saturated carbocycles. The van der Waals surface area contributed by atoms with Crippen LogP contribution in [-0.4, -0.2) is 48.5 Å². The first kappa shape index (κ1) is 24.8. The molecule has 8 nitrogen and oxygen atoms in total. The number of nitrogens with one attached hydrogen (secondary N) is 1. The topological polar surface area (TPSA) is 102 Å². The van der Waals surface area contributed by atoms with Crippen LogP contribution in [0.15, 0.2) is 60.9 Å². The first-order valence-corrected chi connectivity index (χ1v) is 12.4. The van der Waals surface area contributed by atoms with Crippen molar-refractivity contribution in [2.45, 2.75) is 63.8 Å². The third-order valence-electron chi connectivity index (χ3n) is 6.48. The van der Waals surface area contributed by atoms with E-state index >= 15 is 0 Å². The molecular formula is C28H30FN5O3. The van der Waals surface area contributed by atoms with Crippen LogP contribution < -0.4 is 5.32 Å². The highest BCUT2D eigenvalue weighted by atomic mass is 19.1. The maximum absolute atomic E-state index is 15.0. The standard InChI is InChI=1S/C28H30FN5O3/c1-28(2,3)37-27(36)33-21-10-6-11-22(24(21)35)34-23-16-17(25-30-14-7-15-31-25)12-13-20(23)32-26(34)18-8-4-5-9-19(18)29/h4-5,7-9,12-16,21-22,24,35H,6,10-11H2,1-3H3,(H,33,36)/t21-,22+,24+/m0/s1. The third-order valence-corrected chi connectivity index (χ3v) is 6.48. The summed E-state index contributed by atoms with van der Waals surface area (Å²) in [6.45, 7) is 5.37. The summed E-state index contributed by atoms with van der Waals surface area (Å²) in [7, 11) is 0. The Labute approximate surface area is 214 Å². The number of imidazole rings is 1. The number of aromatic nitrogens is 4. The van der Waals surface area contributed by atoms with Crippen LogP contribution in [0.3, 0.4) is 0 Å². The molecule has 0 spiro atoms. The number of halogens is 1. The van der Waals surface area contributed by atoms with Crippen LogP contribution in [0.1, 0.15) is 46.1 Å². The van der Waals surface area contributed by atoms with Gasteiger partial charge in [0.1, 0.15) is 17.2 Å². The third kappa shape index (κ3) is 5.17. The lowest BCUT2D eigenvalue weighted by atomic mass is 9.87. The summed E-state index contributed by atoms with van der Waals surface area (Å²) in [5.41, 5.74) is 1.85. The van der Waals surface area contributed by atoms with E-state index in [1.807, 2.05) is 22.8 Å². The number of hydrogen-bond donors (Lipinski definition) is 2. The first-order valence-electron chi connectivity index (χ1n) is 12.4. The minimum Gasteiger partial charge on any atom is -0.444 e. The maximum atomic E-state index is 15.0. The second kappa shape index (κ2) is 9.89. The van der Waals surface area contributed by atoms with Crippen molar-refractivity contribution in [1.82, 2.24) is 24.8 Å². The molecule has 0 bridgehead atoms. The number of aliphatic hydroxyl groups excluding tert-OH is 1. The summed E-state index contributed by atoms with van der Waals surface area (Å²) < 4.78 is 22.3. The lowest BCUT2D eigenvalue weighted by Gasteiger charge is -2.37. The summed E-state index contributed by atoms with van der Waals surface area (Å²) in [4.78, 5) is 26.0. The van der Waals surface area contributed by atoms with Gasteiger partial charge < -0.3 is 19.7 Å². The smallest absolute Gasteiger partial charge is 0.407 e. The van der Waals surface area contributed by atoms with Crippen molar-refractivity contribution in [2.24, 2.45) is 0 Å². The highest BCUT2D eigenvalue weighted by Crippen LogP contribution is 2.38. The minimum absolute atomic E-state index is 0.339. The lowest BCUT2D eigenvalue weighted by Crippen LogP contribution is -2.50. The quantitative estimate of drug-likeness (QED) is 0.393. The van der Waals surface area contributed by atoms with Gasteiger partial charge in [0, 0.05) is 18.0 Å². The molecule has 9 heteroatoms. The molecule has 4 aromatic rings. The van der Waals surface area contributed by atoms with Crippen LogP contribution in [0.2, 0.25) is 0 Å². The van der Waals surface area contributed by atoms with Gasteiger partial charge in [-0.15, -0.1) is 0 Å². The van der Waals surface area contributed by atoms with Gasteiger partial charge in [-0.2, -0.15) is 0 Å². The van der Waals surface area contributed by atoms with E-state index in [1.165, 1.54) is 6.07 Å². The SMILES string of the molecule is CC(C)(C)OC(=O)N[C@H]1CCC[C@@H](n2c(-c3ccccc3F)nc3ccc(-c4ncccn4)cc32)[C@@H]1O. The van der Waals surface area contributed by atoms with E-state index in [1.54, 1.807) is 57.4 Å². The molecule has 1 fully saturated rings. The molecule has 3 atom stereocenters. The van der Waals surface area contributed by atoms with Crippen molar-refractivity contribution < 1.29 is 19.0 Å². The molecule has 0 saturated heterocycles. The zero-order valence-corrected chi connectivity index (χ0v) is 21.1. The second-order valence-corrected chi connectivity index (χ2v) is 10.3. The fourth-order valence-corrected chi connectivity index (χ4v) is 4.90. The molecule has 0 radical (unpaired) electrons. The van der Waals surface area contributed by atoms with Crippen LogP contribution in [0.25, 0.3) is 33.8 Å². The van der Waals surface area contributed by atoms with Gasteiger partial charge in [0.25, 0.3) is 0 Å². The van der Waals surface area contributed by atoms with Gasteiger partial charge in [-0.05, 0) is 76.4 Å². The van der Waals surface area contributed by atoms with E-state index in [0.717, 1.165) is 17.5 Å². The molecule has 2 heterocycles. The molecule has 2 N–H and O–H groups in total. The fraction of sp³-hybridized carbons (Fsp3) is 0.357. The van der Waals surface area contributed by atoms with Crippen molar-refractivity contribution in [3.05, 3.63) is 66.7 Å². The molecule has 192 valence electrons. The summed E-state index contributed by atoms with van der Waals surface area (Å²) in [5.74, 6) is 0.568. The van der Waals surface area contributed by atoms with Crippen molar-refractivity contribution in [3.8, 4) is 22.8 Å². The molecule has 1 aliphatic carbocycles. The highest BCUT2D eigenvalue weighted by Gasteiger charge is 2.37. The van der Waals surface area contributed by atoms with E-state index in [9.17, 15) is 14.3 Å². The Morgan fingerprint density at radius 3 is 2.59 bits per heavy atom. The van der Waals surface area contributed by atoms with Gasteiger partial charge in [-0.25, -0.2) is 24.1 Å². The molecular weight excluding hydrogens is 473 g/mol. The molecule has 1 amide bonds. The lowest BCUT2D eigenvalue weighted by molar-refractivity contribution is 0.0218. The molecule has 2 aromatic carbocycles. The molecule has 2 aromatic heterocycles. The Kier molecular flexibility index (Phi) is 6.64. The van der Waals surface area contributed by atoms with Crippen LogP contribution in [0.4, 0.5) is 9.18 Å². The van der Waals surface area contributed by atoms with E-state index in [2.05, 4.69) is 15.3 Å². The summed E-state index contributed by atoms with van der Waals surface area (Å²) >= 11 is 0. The number of carbonyl (C=O) groups is 1. The average molecular weight is 504 g/mol. The Bertz CT molecular complexity index is 1420. The van der Waals surface area contributed by atoms with Gasteiger partial charge in [-0.3, -0.25) is 0 Å². The Morgan fingerprint density at radius 1 is 1.11 bits per heavy atom. The summed E-state index contributed by atoms with van der Waals surface area (Å²) in [6.07, 6.45) is 3.80. The second-order valence-electron chi connectivity index (χ2n) is 10.3. The normalized spacial score (nSPS) is 20.1. The van der Waals surface area contributed by atoms with Crippen LogP contribution in [0, 0.1) is 5.82 Å². The molecule has 0 aliphatic heterocycles. The van der Waals surface area contributed by atoms with Crippen LogP contribution in [-0.2, 0) is 4.74 Å². The fourth-order valence-electron chi connectivity index (χ4n) is 4.90. The van der Waals surface area contributed by atoms with Crippen LogP contribution in [0.5, 0.6) is 0 Å². The monoisotopic (exact) mass is 503 g/mol. The van der Waals surface area contributed by atoms with Gasteiger partial charge >= 0.3 is 6.09 Å². The van der Waals surface area contributed by atoms with Crippen molar-refractivity contribution >= 4 is 17.1 Å². The van der Waals surface area contributed by atoms with Crippen molar-refractivity contribution in [3.63, 3.8) is 0 Å². The van der Waals surface area contributed by atoms with Crippen molar-refractivity contribution in [1.29, 1.82) is 0 Å². The number of benzene rings is 2. The predicted octanol–water partition coefficient (Wildman–Crippen LogP) is 5.28. The average Bonchev–Trinajstić information content (AvgIpc) is 3.23. The van der Waals surface area contributed by atoms with E-state index in [0.29, 0.717) is 35.6 Å². The van der Waals surface area contributed by atoms with Crippen LogP contribution >= 0.6 is 0 Å². The van der Waals surface area contributed by atoms with Gasteiger partial charge in [-0.1, -0.05) is 12.1 Å². The number of amides is 1. The van der Waals surface area contributed by atoms with Gasteiger partial charge in [0.05, 0.1) is 34.8 Å². The molecule has 1 aliphatic rings. The number of aliphatic hydroxyl groups is 1. The summed E-state index contributed by atoms with van der Waals surface area (Å²) in [5, 5.41) is 14.3. The van der Waals surface area contributed by atoms with Crippen molar-refractivity contribution in [2.75, 3.05) is 0 Å². The zero-order chi connectivity index (χ0) is 26.2. The van der Waals surface area contributed by atoms with E-state index in [4.69, 9.17) is 9.72 Å². The summed E-state index contributed by atoms with van der Waals surface area (Å²) in [6, 6.07) is 12.9. The zero-order valence-electron chi connectivity index (χ0n) is 21.1. The predicted molar refractivity (Wildman–Crippen MR) is 138 cm³/mol. The Morgan fingerprint density at radius 2 is 1.86 bits per heavy atom. The maximum Gasteiger partial charge on any atom is 0.407 e. The van der Waals surface area contributed by atoms with Gasteiger partial charge in [0.15, 0.2) is 5.82 Å². The molecule has 5 rings (SSSR count). The highest BCUT2D eigenvalue weighted by molar-refractivity contribution is 5.85. The van der Waals surface area contributed by atoms with Gasteiger partial charge in [0.2, 0.25) is 0 Å².